The quantitative estimate of drug-likeness (QED) is 0.742. The van der Waals surface area contributed by atoms with Crippen LogP contribution in [0.1, 0.15) is 38.3 Å². The molecule has 0 amide bonds. The molecule has 0 spiro atoms. The molecule has 0 saturated heterocycles. The first-order valence-corrected chi connectivity index (χ1v) is 7.10. The van der Waals surface area contributed by atoms with Crippen molar-refractivity contribution in [1.82, 2.24) is 5.32 Å². The number of halogens is 2. The summed E-state index contributed by atoms with van der Waals surface area (Å²) in [5, 5.41) is 13.6. The maximum atomic E-state index is 8.94. The fourth-order valence-electron chi connectivity index (χ4n) is 1.83. The Balaban J connectivity index is 2.41. The molecule has 2 unspecified atom stereocenters. The van der Waals surface area contributed by atoms with Crippen LogP contribution in [0.4, 0.5) is 0 Å². The van der Waals surface area contributed by atoms with E-state index in [1.54, 1.807) is 6.07 Å². The van der Waals surface area contributed by atoms with Crippen LogP contribution < -0.4 is 5.32 Å². The van der Waals surface area contributed by atoms with Gasteiger partial charge < -0.3 is 10.4 Å². The van der Waals surface area contributed by atoms with E-state index < -0.39 is 0 Å². The highest BCUT2D eigenvalue weighted by atomic mass is 35.5. The second-order valence-electron chi connectivity index (χ2n) is 4.75. The Kier molecular flexibility index (Phi) is 7.02. The molecule has 2 nitrogen and oxygen atoms in total. The lowest BCUT2D eigenvalue weighted by molar-refractivity contribution is 0.227. The molecular weight excluding hydrogens is 269 g/mol. The molecular formula is C14H21Cl2NO. The van der Waals surface area contributed by atoms with Crippen molar-refractivity contribution >= 4 is 23.2 Å². The van der Waals surface area contributed by atoms with Crippen LogP contribution in [0.5, 0.6) is 0 Å². The van der Waals surface area contributed by atoms with Gasteiger partial charge in [-0.15, -0.1) is 0 Å². The molecule has 1 aromatic rings. The number of hydrogen-bond acceptors (Lipinski definition) is 2. The van der Waals surface area contributed by atoms with Gasteiger partial charge in [0.05, 0.1) is 10.0 Å². The maximum absolute atomic E-state index is 8.94. The summed E-state index contributed by atoms with van der Waals surface area (Å²) in [7, 11) is 0. The van der Waals surface area contributed by atoms with Gasteiger partial charge >= 0.3 is 0 Å². The van der Waals surface area contributed by atoms with Gasteiger partial charge in [-0.3, -0.25) is 0 Å². The van der Waals surface area contributed by atoms with Gasteiger partial charge in [-0.25, -0.2) is 0 Å². The Bertz CT molecular complexity index is 371. The summed E-state index contributed by atoms with van der Waals surface area (Å²) in [6.45, 7) is 5.30. The highest BCUT2D eigenvalue weighted by Gasteiger charge is 2.11. The van der Waals surface area contributed by atoms with E-state index in [9.17, 15) is 0 Å². The predicted molar refractivity (Wildman–Crippen MR) is 78.4 cm³/mol. The van der Waals surface area contributed by atoms with E-state index in [1.165, 1.54) is 0 Å². The van der Waals surface area contributed by atoms with Gasteiger partial charge in [0, 0.05) is 12.6 Å². The summed E-state index contributed by atoms with van der Waals surface area (Å²) in [5.74, 6) is 0.372. The fraction of sp³-hybridized carbons (Fsp3) is 0.571. The van der Waals surface area contributed by atoms with Gasteiger partial charge in [0.1, 0.15) is 0 Å². The number of hydrogen-bond donors (Lipinski definition) is 2. The molecule has 0 bridgehead atoms. The zero-order valence-electron chi connectivity index (χ0n) is 10.9. The lowest BCUT2D eigenvalue weighted by atomic mass is 10.1. The highest BCUT2D eigenvalue weighted by molar-refractivity contribution is 6.42. The van der Waals surface area contributed by atoms with Crippen LogP contribution in [-0.4, -0.2) is 18.3 Å². The van der Waals surface area contributed by atoms with Gasteiger partial charge in [0.2, 0.25) is 0 Å². The van der Waals surface area contributed by atoms with Crippen molar-refractivity contribution in [3.8, 4) is 0 Å². The first-order chi connectivity index (χ1) is 8.56. The Morgan fingerprint density at radius 1 is 1.28 bits per heavy atom. The average Bonchev–Trinajstić information content (AvgIpc) is 2.37. The molecule has 102 valence electrons. The summed E-state index contributed by atoms with van der Waals surface area (Å²) in [4.78, 5) is 0. The molecule has 2 N–H and O–H groups in total. The number of benzene rings is 1. The molecule has 0 aliphatic heterocycles. The summed E-state index contributed by atoms with van der Waals surface area (Å²) < 4.78 is 0. The average molecular weight is 290 g/mol. The number of nitrogens with one attached hydrogen (secondary N) is 1. The third-order valence-electron chi connectivity index (χ3n) is 3.08. The standard InChI is InChI=1S/C14H21Cl2NO/c1-10(9-18)5-4-8-17-11(2)12-6-3-7-13(15)14(12)16/h3,6-7,10-11,17-18H,4-5,8-9H2,1-2H3. The summed E-state index contributed by atoms with van der Waals surface area (Å²) >= 11 is 12.2. The van der Waals surface area contributed by atoms with Crippen molar-refractivity contribution in [3.63, 3.8) is 0 Å². The molecule has 0 aliphatic carbocycles. The first-order valence-electron chi connectivity index (χ1n) is 6.34. The molecule has 18 heavy (non-hydrogen) atoms. The number of aliphatic hydroxyl groups excluding tert-OH is 1. The third-order valence-corrected chi connectivity index (χ3v) is 3.92. The Hall–Kier alpha value is -0.280. The van der Waals surface area contributed by atoms with Crippen LogP contribution in [0.3, 0.4) is 0 Å². The maximum Gasteiger partial charge on any atom is 0.0639 e. The molecule has 0 aromatic heterocycles. The van der Waals surface area contributed by atoms with Crippen molar-refractivity contribution in [3.05, 3.63) is 33.8 Å². The Morgan fingerprint density at radius 2 is 2.00 bits per heavy atom. The molecule has 1 aromatic carbocycles. The molecule has 4 heteroatoms. The largest absolute Gasteiger partial charge is 0.396 e. The number of rotatable bonds is 7. The minimum atomic E-state index is 0.181. The minimum Gasteiger partial charge on any atom is -0.396 e. The van der Waals surface area contributed by atoms with Crippen LogP contribution in [0.2, 0.25) is 10.0 Å². The SMILES string of the molecule is CC(CO)CCCNC(C)c1cccc(Cl)c1Cl. The molecule has 0 saturated carbocycles. The van der Waals surface area contributed by atoms with Gasteiger partial charge in [-0.2, -0.15) is 0 Å². The topological polar surface area (TPSA) is 32.3 Å². The Labute approximate surface area is 119 Å². The molecule has 2 atom stereocenters. The second kappa shape index (κ2) is 8.00. The lowest BCUT2D eigenvalue weighted by Gasteiger charge is -2.17. The Morgan fingerprint density at radius 3 is 2.67 bits per heavy atom. The minimum absolute atomic E-state index is 0.181. The van der Waals surface area contributed by atoms with Crippen LogP contribution in [-0.2, 0) is 0 Å². The van der Waals surface area contributed by atoms with Crippen molar-refractivity contribution in [2.24, 2.45) is 5.92 Å². The second-order valence-corrected chi connectivity index (χ2v) is 5.53. The van der Waals surface area contributed by atoms with Crippen molar-refractivity contribution in [1.29, 1.82) is 0 Å². The summed E-state index contributed by atoms with van der Waals surface area (Å²) in [6, 6.07) is 5.88. The van der Waals surface area contributed by atoms with E-state index >= 15 is 0 Å². The predicted octanol–water partition coefficient (Wildman–Crippen LogP) is 4.05. The summed E-state index contributed by atoms with van der Waals surface area (Å²) in [5.41, 5.74) is 1.03. The molecule has 0 aliphatic rings. The van der Waals surface area contributed by atoms with Crippen molar-refractivity contribution < 1.29 is 5.11 Å². The monoisotopic (exact) mass is 289 g/mol. The molecule has 0 heterocycles. The third kappa shape index (κ3) is 4.77. The zero-order valence-corrected chi connectivity index (χ0v) is 12.4. The zero-order chi connectivity index (χ0) is 13.5. The van der Waals surface area contributed by atoms with E-state index in [0.29, 0.717) is 16.0 Å². The van der Waals surface area contributed by atoms with E-state index in [1.807, 2.05) is 12.1 Å². The van der Waals surface area contributed by atoms with E-state index in [0.717, 1.165) is 24.9 Å². The van der Waals surface area contributed by atoms with E-state index in [4.69, 9.17) is 28.3 Å². The van der Waals surface area contributed by atoms with Crippen LogP contribution in [0, 0.1) is 5.92 Å². The first kappa shape index (κ1) is 15.8. The van der Waals surface area contributed by atoms with E-state index in [2.05, 4.69) is 19.2 Å². The van der Waals surface area contributed by atoms with Crippen molar-refractivity contribution in [2.75, 3.05) is 13.2 Å². The van der Waals surface area contributed by atoms with Crippen LogP contribution >= 0.6 is 23.2 Å². The van der Waals surface area contributed by atoms with Crippen LogP contribution in [0.25, 0.3) is 0 Å². The van der Waals surface area contributed by atoms with Gasteiger partial charge in [-0.05, 0) is 43.9 Å². The van der Waals surface area contributed by atoms with Gasteiger partial charge in [0.15, 0.2) is 0 Å². The lowest BCUT2D eigenvalue weighted by Crippen LogP contribution is -2.21. The van der Waals surface area contributed by atoms with E-state index in [-0.39, 0.29) is 12.6 Å². The fourth-order valence-corrected chi connectivity index (χ4v) is 2.30. The van der Waals surface area contributed by atoms with Crippen molar-refractivity contribution in [2.45, 2.75) is 32.7 Å². The van der Waals surface area contributed by atoms with Gasteiger partial charge in [0.25, 0.3) is 0 Å². The normalized spacial score (nSPS) is 14.5. The smallest absolute Gasteiger partial charge is 0.0639 e. The summed E-state index contributed by atoms with van der Waals surface area (Å²) in [6.07, 6.45) is 2.07. The molecule has 0 fully saturated rings. The number of aliphatic hydroxyl groups is 1. The molecule has 0 radical (unpaired) electrons. The van der Waals surface area contributed by atoms with Gasteiger partial charge in [-0.1, -0.05) is 42.3 Å². The highest BCUT2D eigenvalue weighted by Crippen LogP contribution is 2.29. The molecule has 1 rings (SSSR count). The van der Waals surface area contributed by atoms with Crippen LogP contribution in [0.15, 0.2) is 18.2 Å².